The first kappa shape index (κ1) is 91.6. The third-order valence-corrected chi connectivity index (χ3v) is 24.8. The first-order valence-electron chi connectivity index (χ1n) is 43.7. The van der Waals surface area contributed by atoms with Gasteiger partial charge in [-0.25, -0.2) is 49.3 Å². The van der Waals surface area contributed by atoms with Crippen LogP contribution in [0.25, 0.3) is 128 Å². The predicted octanol–water partition coefficient (Wildman–Crippen LogP) is 23.2. The number of benzene rings is 8. The van der Waals surface area contributed by atoms with E-state index in [0.717, 1.165) is 120 Å². The maximum absolute atomic E-state index is 14.1. The van der Waals surface area contributed by atoms with Crippen molar-refractivity contribution in [2.45, 2.75) is 93.4 Å². The first-order valence-corrected chi connectivity index (χ1v) is 45.3. The molecule has 20 aromatic rings. The van der Waals surface area contributed by atoms with Gasteiger partial charge in [-0.15, -0.1) is 22.7 Å². The molecular weight excluding hydrogens is 1770 g/mol. The standard InChI is InChI=1S/2C27H22N6OS.C26H21N7O.C26H20N6O2/c2*1-16(31-26-22(28-4)14-29-17(2)32-26)23-13-19-9-8-12-21(24-15-30-18(3)35-24)25(19)27(34)33(23)20-10-6-5-7-11-20;1-16(30-25-22(27-3)15-28-17(2)31-25)23-14-18-8-7-11-20(21-12-13-29-32-21)24(18)26(34)33(23)19-9-5-4-6-10-19;1-16(30-25-22(27-3)14-28-17(2)31-25)23-12-18-8-7-11-21(19-13-29-34-15-19)24(18)26(33)32(23)20-9-5-4-6-10-20/h2*5-16H,1-3H3,(H,29,31,32);4-16H,1-2H3,(H,29,32)(H,28,30,31);4-16H,1-2H3,(H,28,30,31)/t4*16-/m0000/s1. The normalized spacial score (nSPS) is 11.8. The number of fused-ring (bicyclic) bond motifs is 4. The number of hydrogen-bond acceptors (Lipinski definition) is 23. The fourth-order valence-corrected chi connectivity index (χ4v) is 18.1. The second-order valence-electron chi connectivity index (χ2n) is 32.1. The van der Waals surface area contributed by atoms with Crippen LogP contribution >= 0.6 is 22.7 Å². The molecule has 138 heavy (non-hydrogen) atoms. The molecule has 0 amide bonds. The summed E-state index contributed by atoms with van der Waals surface area (Å²) in [7, 11) is 0. The van der Waals surface area contributed by atoms with Gasteiger partial charge in [0.1, 0.15) is 52.8 Å². The zero-order chi connectivity index (χ0) is 96.4. The van der Waals surface area contributed by atoms with Gasteiger partial charge < -0.3 is 25.8 Å². The molecule has 5 N–H and O–H groups in total. The molecule has 30 nitrogen and oxygen atoms in total. The monoisotopic (exact) mass is 1850 g/mol. The molecule has 0 bridgehead atoms. The number of thiazole rings is 2. The van der Waals surface area contributed by atoms with Gasteiger partial charge in [0.15, 0.2) is 0 Å². The number of anilines is 4. The molecule has 0 fully saturated rings. The van der Waals surface area contributed by atoms with Gasteiger partial charge in [0.05, 0.1) is 104 Å². The second kappa shape index (κ2) is 40.5. The van der Waals surface area contributed by atoms with Crippen molar-refractivity contribution in [1.82, 2.24) is 83.5 Å². The minimum Gasteiger partial charge on any atom is -0.371 e. The maximum Gasteiger partial charge on any atom is 0.263 e. The molecule has 0 radical (unpaired) electrons. The number of H-pyrrole nitrogens is 1. The van der Waals surface area contributed by atoms with E-state index in [1.54, 1.807) is 81.0 Å². The summed E-state index contributed by atoms with van der Waals surface area (Å²) in [6, 6.07) is 70.1. The van der Waals surface area contributed by atoms with Gasteiger partial charge in [0, 0.05) is 111 Å². The maximum atomic E-state index is 14.1. The Hall–Kier alpha value is -18.2. The lowest BCUT2D eigenvalue weighted by molar-refractivity contribution is 0.420. The van der Waals surface area contributed by atoms with Crippen LogP contribution < -0.4 is 43.5 Å². The topological polar surface area (TPSA) is 337 Å². The van der Waals surface area contributed by atoms with Crippen LogP contribution in [0.15, 0.2) is 304 Å². The fraction of sp³-hybridized carbons (Fsp3) is 0.132. The minimum absolute atomic E-state index is 0.108. The minimum atomic E-state index is -0.341. The Balaban J connectivity index is 0.000000127. The lowest BCUT2D eigenvalue weighted by atomic mass is 10.00. The van der Waals surface area contributed by atoms with Crippen molar-refractivity contribution in [2.24, 2.45) is 0 Å². The number of aromatic nitrogens is 17. The highest BCUT2D eigenvalue weighted by Crippen LogP contribution is 2.40. The molecule has 4 atom stereocenters. The summed E-state index contributed by atoms with van der Waals surface area (Å²) < 4.78 is 11.9. The van der Waals surface area contributed by atoms with Gasteiger partial charge in [-0.2, -0.15) is 5.10 Å². The van der Waals surface area contributed by atoms with Gasteiger partial charge in [-0.3, -0.25) is 62.5 Å². The Morgan fingerprint density at radius 2 is 0.630 bits per heavy atom. The summed E-state index contributed by atoms with van der Waals surface area (Å²) in [5.74, 6) is 4.01. The molecule has 0 saturated heterocycles. The van der Waals surface area contributed by atoms with E-state index in [1.807, 2.05) is 278 Å². The Labute approximate surface area is 798 Å². The van der Waals surface area contributed by atoms with Crippen LogP contribution in [0.3, 0.4) is 0 Å². The molecule has 20 rings (SSSR count). The van der Waals surface area contributed by atoms with E-state index in [-0.39, 0.29) is 46.4 Å². The molecule has 676 valence electrons. The van der Waals surface area contributed by atoms with E-state index in [1.165, 1.54) is 31.1 Å². The Kier molecular flexibility index (Phi) is 26.9. The summed E-state index contributed by atoms with van der Waals surface area (Å²) in [4.78, 5) is 115. The van der Waals surface area contributed by atoms with Crippen molar-refractivity contribution >= 4 is 112 Å². The quantitative estimate of drug-likeness (QED) is 0.0443. The molecule has 12 aromatic heterocycles. The van der Waals surface area contributed by atoms with Gasteiger partial charge in [0.25, 0.3) is 22.2 Å². The van der Waals surface area contributed by atoms with Crippen LogP contribution in [0.1, 0.15) is 108 Å². The van der Waals surface area contributed by atoms with Crippen molar-refractivity contribution < 1.29 is 4.52 Å². The summed E-state index contributed by atoms with van der Waals surface area (Å²) in [6.45, 7) is 48.7. The van der Waals surface area contributed by atoms with Crippen LogP contribution in [-0.2, 0) is 0 Å². The van der Waals surface area contributed by atoms with E-state index in [9.17, 15) is 19.2 Å². The van der Waals surface area contributed by atoms with Crippen LogP contribution in [0.4, 0.5) is 46.0 Å². The average Bonchev–Trinajstić information content (AvgIpc) is 1.11. The number of nitrogens with zero attached hydrogens (tertiary/aromatic N) is 20. The van der Waals surface area contributed by atoms with Crippen LogP contribution in [-0.4, -0.2) is 83.5 Å². The van der Waals surface area contributed by atoms with E-state index >= 15 is 0 Å². The Morgan fingerprint density at radius 1 is 0.341 bits per heavy atom. The van der Waals surface area contributed by atoms with Gasteiger partial charge in [-0.1, -0.05) is 151 Å². The van der Waals surface area contributed by atoms with Crippen LogP contribution in [0, 0.1) is 67.8 Å². The zero-order valence-corrected chi connectivity index (χ0v) is 77.8. The van der Waals surface area contributed by atoms with Crippen LogP contribution in [0.5, 0.6) is 0 Å². The van der Waals surface area contributed by atoms with E-state index in [0.29, 0.717) is 90.9 Å². The number of rotatable bonds is 20. The van der Waals surface area contributed by atoms with E-state index in [2.05, 4.69) is 106 Å². The number of pyridine rings is 4. The highest BCUT2D eigenvalue weighted by atomic mass is 32.1. The second-order valence-corrected chi connectivity index (χ2v) is 34.6. The zero-order valence-electron chi connectivity index (χ0n) is 76.2. The van der Waals surface area contributed by atoms with Gasteiger partial charge in [-0.05, 0) is 175 Å². The summed E-state index contributed by atoms with van der Waals surface area (Å²) in [5, 5.41) is 31.8. The number of nitrogens with one attached hydrogen (secondary N) is 5. The molecule has 8 aromatic carbocycles. The molecule has 0 aliphatic heterocycles. The van der Waals surface area contributed by atoms with E-state index < -0.39 is 0 Å². The van der Waals surface area contributed by atoms with Gasteiger partial charge >= 0.3 is 0 Å². The van der Waals surface area contributed by atoms with E-state index in [4.69, 9.17) is 30.8 Å². The first-order chi connectivity index (χ1) is 67.0. The highest BCUT2D eigenvalue weighted by molar-refractivity contribution is 7.15. The Morgan fingerprint density at radius 3 is 0.899 bits per heavy atom. The van der Waals surface area contributed by atoms with Crippen LogP contribution in [0.2, 0.25) is 0 Å². The molecule has 0 aliphatic rings. The summed E-state index contributed by atoms with van der Waals surface area (Å²) >= 11 is 3.14. The molecule has 12 heterocycles. The van der Waals surface area contributed by atoms with Crippen molar-refractivity contribution in [2.75, 3.05) is 21.3 Å². The number of aromatic amines is 1. The number of hydrogen-bond donors (Lipinski definition) is 5. The summed E-state index contributed by atoms with van der Waals surface area (Å²) in [6.07, 6.45) is 14.5. The average molecular weight is 1850 g/mol. The Bertz CT molecular complexity index is 7940. The van der Waals surface area contributed by atoms with Crippen molar-refractivity contribution in [3.63, 3.8) is 0 Å². The van der Waals surface area contributed by atoms with Crippen molar-refractivity contribution in [1.29, 1.82) is 0 Å². The van der Waals surface area contributed by atoms with Gasteiger partial charge in [0.2, 0.25) is 22.7 Å². The summed E-state index contributed by atoms with van der Waals surface area (Å²) in [5.41, 5.74) is 11.6. The smallest absolute Gasteiger partial charge is 0.263 e. The fourth-order valence-electron chi connectivity index (χ4n) is 16.5. The SMILES string of the molecule is [C-]#[N+]c1cnc(C)nc1N[C@@H](C)c1cc2cccc(-c3ccn[nH]3)c2c(=O)n1-c1ccccc1.[C-]#[N+]c1cnc(C)nc1N[C@@H](C)c1cc2cccc(-c3cnc(C)s3)c2c(=O)n1-c1ccccc1.[C-]#[N+]c1cnc(C)nc1N[C@@H](C)c1cc2cccc(-c3cnc(C)s3)c2c(=O)n1-c1ccccc1.[C-]#[N+]c1cnc(C)nc1N[C@@H](C)c1cc2cccc(-c3cnoc3)c2c(=O)n1-c1ccccc1. The highest BCUT2D eigenvalue weighted by Gasteiger charge is 2.28. The van der Waals surface area contributed by atoms with Crippen molar-refractivity contribution in [3.8, 4) is 66.0 Å². The molecule has 0 unspecified atom stereocenters. The lowest BCUT2D eigenvalue weighted by Crippen LogP contribution is -2.26. The lowest BCUT2D eigenvalue weighted by Gasteiger charge is -2.22. The molecule has 0 saturated carbocycles. The number of aryl methyl sites for hydroxylation is 6. The molecular formula is C106H85N25O5S2. The molecule has 0 aliphatic carbocycles. The number of para-hydroxylation sites is 4. The third kappa shape index (κ3) is 19.1. The molecule has 32 heteroatoms. The molecule has 0 spiro atoms. The largest absolute Gasteiger partial charge is 0.371 e. The predicted molar refractivity (Wildman–Crippen MR) is 543 cm³/mol. The van der Waals surface area contributed by atoms with Crippen molar-refractivity contribution in [3.05, 3.63) is 423 Å². The third-order valence-electron chi connectivity index (χ3n) is 22.9.